The number of carbonyl (C=O) groups excluding carboxylic acids is 1. The van der Waals surface area contributed by atoms with Crippen LogP contribution in [0, 0.1) is 0 Å². The average Bonchev–Trinajstić information content (AvgIpc) is 2.18. The van der Waals surface area contributed by atoms with Crippen molar-refractivity contribution in [2.45, 2.75) is 39.7 Å². The lowest BCUT2D eigenvalue weighted by Gasteiger charge is -2.34. The second-order valence-electron chi connectivity index (χ2n) is 4.11. The number of nitrogens with one attached hydrogen (secondary N) is 1. The van der Waals surface area contributed by atoms with Gasteiger partial charge in [0.2, 0.25) is 5.91 Å². The van der Waals surface area contributed by atoms with Crippen LogP contribution in [0.3, 0.4) is 0 Å². The van der Waals surface area contributed by atoms with Gasteiger partial charge in [0.15, 0.2) is 0 Å². The van der Waals surface area contributed by atoms with Crippen LogP contribution in [0.2, 0.25) is 0 Å². The maximum absolute atomic E-state index is 11.8. The molecule has 0 radical (unpaired) electrons. The van der Waals surface area contributed by atoms with Crippen LogP contribution in [0.4, 0.5) is 0 Å². The van der Waals surface area contributed by atoms with Crippen molar-refractivity contribution in [3.8, 4) is 0 Å². The highest BCUT2D eigenvalue weighted by atomic mass is 16.4. The van der Waals surface area contributed by atoms with Gasteiger partial charge in [0.1, 0.15) is 5.54 Å². The third-order valence-electron chi connectivity index (χ3n) is 2.58. The highest BCUT2D eigenvalue weighted by Gasteiger charge is 2.36. The van der Waals surface area contributed by atoms with E-state index >= 15 is 0 Å². The topological polar surface area (TPSA) is 69.6 Å². The van der Waals surface area contributed by atoms with E-state index in [9.17, 15) is 9.59 Å². The summed E-state index contributed by atoms with van der Waals surface area (Å²) in [4.78, 5) is 24.3. The molecule has 5 nitrogen and oxygen atoms in total. The van der Waals surface area contributed by atoms with Crippen LogP contribution in [-0.4, -0.2) is 47.1 Å². The van der Waals surface area contributed by atoms with E-state index < -0.39 is 11.5 Å². The number of hydrogen-bond donors (Lipinski definition) is 2. The first-order chi connectivity index (χ1) is 7.37. The summed E-state index contributed by atoms with van der Waals surface area (Å²) >= 11 is 0. The summed E-state index contributed by atoms with van der Waals surface area (Å²) in [7, 11) is 0. The van der Waals surface area contributed by atoms with Crippen molar-refractivity contribution >= 4 is 11.9 Å². The van der Waals surface area contributed by atoms with Gasteiger partial charge in [-0.3, -0.25) is 4.79 Å². The van der Waals surface area contributed by atoms with Gasteiger partial charge < -0.3 is 15.3 Å². The maximum atomic E-state index is 11.8. The second-order valence-corrected chi connectivity index (χ2v) is 4.11. The molecule has 0 aromatic rings. The molecule has 0 aromatic carbocycles. The molecule has 0 atom stereocenters. The molecule has 2 N–H and O–H groups in total. The number of likely N-dealkylation sites (N-methyl/N-ethyl adjacent to an activating group) is 1. The van der Waals surface area contributed by atoms with Gasteiger partial charge in [-0.25, -0.2) is 4.79 Å². The molecule has 1 amide bonds. The molecule has 0 rings (SSSR count). The number of carboxylic acid groups (broad SMARTS) is 1. The first-order valence-corrected chi connectivity index (χ1v) is 5.62. The van der Waals surface area contributed by atoms with E-state index in [1.807, 2.05) is 6.92 Å². The molecule has 0 fully saturated rings. The fraction of sp³-hybridized carbons (Fsp3) is 0.818. The summed E-state index contributed by atoms with van der Waals surface area (Å²) in [5.41, 5.74) is -1.14. The molecule has 5 heteroatoms. The van der Waals surface area contributed by atoms with Crippen molar-refractivity contribution in [2.75, 3.05) is 19.6 Å². The van der Waals surface area contributed by atoms with Gasteiger partial charge in [-0.1, -0.05) is 6.92 Å². The molecular weight excluding hydrogens is 208 g/mol. The largest absolute Gasteiger partial charge is 0.480 e. The number of carbonyl (C=O) groups is 2. The smallest absolute Gasteiger partial charge is 0.329 e. The van der Waals surface area contributed by atoms with E-state index in [1.165, 1.54) is 4.90 Å². The third-order valence-corrected chi connectivity index (χ3v) is 2.58. The van der Waals surface area contributed by atoms with Gasteiger partial charge in [-0.15, -0.1) is 0 Å². The zero-order valence-corrected chi connectivity index (χ0v) is 10.5. The number of hydrogen-bond acceptors (Lipinski definition) is 3. The molecule has 16 heavy (non-hydrogen) atoms. The van der Waals surface area contributed by atoms with Gasteiger partial charge in [0.25, 0.3) is 0 Å². The van der Waals surface area contributed by atoms with Crippen LogP contribution < -0.4 is 5.32 Å². The van der Waals surface area contributed by atoms with Crippen LogP contribution in [0.1, 0.15) is 34.1 Å². The van der Waals surface area contributed by atoms with Crippen molar-refractivity contribution in [1.29, 1.82) is 0 Å². The summed E-state index contributed by atoms with van der Waals surface area (Å²) in [5.74, 6) is -1.11. The van der Waals surface area contributed by atoms with Crippen LogP contribution in [0.15, 0.2) is 0 Å². The normalized spacial score (nSPS) is 11.2. The Labute approximate surface area is 96.8 Å². The Hall–Kier alpha value is -1.10. The monoisotopic (exact) mass is 230 g/mol. The Morgan fingerprint density at radius 3 is 2.25 bits per heavy atom. The summed E-state index contributed by atoms with van der Waals surface area (Å²) in [6, 6.07) is 0. The number of nitrogens with zero attached hydrogens (tertiary/aromatic N) is 1. The second kappa shape index (κ2) is 6.48. The van der Waals surface area contributed by atoms with Gasteiger partial charge >= 0.3 is 5.97 Å². The molecule has 0 aromatic heterocycles. The van der Waals surface area contributed by atoms with E-state index in [0.717, 1.165) is 6.54 Å². The number of rotatable bonds is 7. The Kier molecular flexibility index (Phi) is 6.03. The van der Waals surface area contributed by atoms with E-state index in [0.29, 0.717) is 19.5 Å². The van der Waals surface area contributed by atoms with Gasteiger partial charge in [0, 0.05) is 19.5 Å². The van der Waals surface area contributed by atoms with Crippen molar-refractivity contribution in [3.05, 3.63) is 0 Å². The van der Waals surface area contributed by atoms with Crippen molar-refractivity contribution in [2.24, 2.45) is 0 Å². The first kappa shape index (κ1) is 14.9. The summed E-state index contributed by atoms with van der Waals surface area (Å²) in [6.07, 6.45) is 0.332. The molecule has 0 heterocycles. The quantitative estimate of drug-likeness (QED) is 0.632. The summed E-state index contributed by atoms with van der Waals surface area (Å²) < 4.78 is 0. The predicted molar refractivity (Wildman–Crippen MR) is 62.3 cm³/mol. The van der Waals surface area contributed by atoms with Crippen LogP contribution in [0.25, 0.3) is 0 Å². The Morgan fingerprint density at radius 2 is 1.88 bits per heavy atom. The molecule has 0 bridgehead atoms. The molecule has 0 aliphatic carbocycles. The number of carboxylic acids is 1. The summed E-state index contributed by atoms with van der Waals surface area (Å²) in [5, 5.41) is 12.1. The third kappa shape index (κ3) is 3.81. The minimum absolute atomic E-state index is 0.129. The molecule has 0 aliphatic rings. The van der Waals surface area contributed by atoms with Crippen molar-refractivity contribution < 1.29 is 14.7 Å². The molecule has 94 valence electrons. The number of aliphatic carboxylic acids is 1. The Bertz CT molecular complexity index is 252. The van der Waals surface area contributed by atoms with Crippen molar-refractivity contribution in [3.63, 3.8) is 0 Å². The molecule has 0 saturated heterocycles. The highest BCUT2D eigenvalue weighted by Crippen LogP contribution is 2.15. The molecular formula is C11H22N2O3. The Morgan fingerprint density at radius 1 is 1.31 bits per heavy atom. The molecule has 0 saturated carbocycles. The fourth-order valence-electron chi connectivity index (χ4n) is 1.51. The zero-order chi connectivity index (χ0) is 12.8. The average molecular weight is 230 g/mol. The zero-order valence-electron chi connectivity index (χ0n) is 10.5. The van der Waals surface area contributed by atoms with E-state index in [2.05, 4.69) is 5.32 Å². The fourth-order valence-corrected chi connectivity index (χ4v) is 1.51. The Balaban J connectivity index is 4.48. The minimum Gasteiger partial charge on any atom is -0.480 e. The van der Waals surface area contributed by atoms with E-state index in [4.69, 9.17) is 5.11 Å². The lowest BCUT2D eigenvalue weighted by atomic mass is 10.0. The van der Waals surface area contributed by atoms with E-state index in [-0.39, 0.29) is 5.91 Å². The van der Waals surface area contributed by atoms with Gasteiger partial charge in [-0.2, -0.15) is 0 Å². The molecule has 0 aliphatic heterocycles. The van der Waals surface area contributed by atoms with Crippen molar-refractivity contribution in [1.82, 2.24) is 10.2 Å². The SMILES string of the molecule is CCNCCC(=O)N(CC)C(C)(C)C(=O)O. The molecule has 0 unspecified atom stereocenters. The molecule has 0 spiro atoms. The predicted octanol–water partition coefficient (Wildman–Crippen LogP) is 0.698. The summed E-state index contributed by atoms with van der Waals surface area (Å²) in [6.45, 7) is 8.64. The van der Waals surface area contributed by atoms with Crippen LogP contribution >= 0.6 is 0 Å². The highest BCUT2D eigenvalue weighted by molar-refractivity contribution is 5.86. The van der Waals surface area contributed by atoms with E-state index in [1.54, 1.807) is 20.8 Å². The maximum Gasteiger partial charge on any atom is 0.329 e. The first-order valence-electron chi connectivity index (χ1n) is 5.62. The van der Waals surface area contributed by atoms with Gasteiger partial charge in [-0.05, 0) is 27.3 Å². The van der Waals surface area contributed by atoms with Crippen LogP contribution in [-0.2, 0) is 9.59 Å². The lowest BCUT2D eigenvalue weighted by molar-refractivity contribution is -0.156. The standard InChI is InChI=1S/C11H22N2O3/c1-5-12-8-7-9(14)13(6-2)11(3,4)10(15)16/h12H,5-8H2,1-4H3,(H,15,16). The number of amides is 1. The lowest BCUT2D eigenvalue weighted by Crippen LogP contribution is -2.53. The minimum atomic E-state index is -1.14. The van der Waals surface area contributed by atoms with Gasteiger partial charge in [0.05, 0.1) is 0 Å². The van der Waals surface area contributed by atoms with Crippen LogP contribution in [0.5, 0.6) is 0 Å².